The SMILES string of the molecule is CC(C)(C)N1Cc2ccccc2C=C1c1ccccc1. The van der Waals surface area contributed by atoms with Gasteiger partial charge in [-0.2, -0.15) is 0 Å². The van der Waals surface area contributed by atoms with E-state index in [2.05, 4.69) is 86.3 Å². The molecule has 1 aliphatic heterocycles. The highest BCUT2D eigenvalue weighted by Gasteiger charge is 2.27. The highest BCUT2D eigenvalue weighted by atomic mass is 15.2. The van der Waals surface area contributed by atoms with Crippen LogP contribution in [-0.4, -0.2) is 10.4 Å². The van der Waals surface area contributed by atoms with Crippen molar-refractivity contribution in [2.24, 2.45) is 0 Å². The highest BCUT2D eigenvalue weighted by molar-refractivity contribution is 5.83. The predicted octanol–water partition coefficient (Wildman–Crippen LogP) is 4.80. The maximum Gasteiger partial charge on any atom is 0.0453 e. The molecule has 1 nitrogen and oxygen atoms in total. The van der Waals surface area contributed by atoms with E-state index in [4.69, 9.17) is 0 Å². The van der Waals surface area contributed by atoms with Crippen LogP contribution in [0.25, 0.3) is 11.8 Å². The summed E-state index contributed by atoms with van der Waals surface area (Å²) in [6, 6.07) is 19.4. The van der Waals surface area contributed by atoms with Crippen molar-refractivity contribution in [2.45, 2.75) is 32.9 Å². The van der Waals surface area contributed by atoms with Crippen molar-refractivity contribution < 1.29 is 0 Å². The Kier molecular flexibility index (Phi) is 3.13. The van der Waals surface area contributed by atoms with E-state index in [1.807, 2.05) is 0 Å². The molecule has 2 aromatic carbocycles. The number of hydrogen-bond donors (Lipinski definition) is 0. The zero-order chi connectivity index (χ0) is 14.2. The highest BCUT2D eigenvalue weighted by Crippen LogP contribution is 2.35. The Balaban J connectivity index is 2.14. The quantitative estimate of drug-likeness (QED) is 0.714. The minimum Gasteiger partial charge on any atom is -0.362 e. The topological polar surface area (TPSA) is 3.24 Å². The summed E-state index contributed by atoms with van der Waals surface area (Å²) >= 11 is 0. The van der Waals surface area contributed by atoms with Crippen LogP contribution >= 0.6 is 0 Å². The van der Waals surface area contributed by atoms with Gasteiger partial charge in [-0.3, -0.25) is 0 Å². The van der Waals surface area contributed by atoms with Crippen LogP contribution < -0.4 is 0 Å². The van der Waals surface area contributed by atoms with E-state index < -0.39 is 0 Å². The van der Waals surface area contributed by atoms with Crippen LogP contribution in [-0.2, 0) is 6.54 Å². The van der Waals surface area contributed by atoms with E-state index in [1.54, 1.807) is 0 Å². The molecule has 1 aliphatic rings. The minimum absolute atomic E-state index is 0.106. The van der Waals surface area contributed by atoms with Crippen LogP contribution in [0.2, 0.25) is 0 Å². The summed E-state index contributed by atoms with van der Waals surface area (Å²) in [6.07, 6.45) is 2.32. The van der Waals surface area contributed by atoms with Crippen molar-refractivity contribution in [3.05, 3.63) is 71.3 Å². The third kappa shape index (κ3) is 2.36. The van der Waals surface area contributed by atoms with Gasteiger partial charge in [-0.05, 0) is 43.5 Å². The predicted molar refractivity (Wildman–Crippen MR) is 86.1 cm³/mol. The van der Waals surface area contributed by atoms with Crippen LogP contribution in [0.4, 0.5) is 0 Å². The molecule has 1 heteroatoms. The van der Waals surface area contributed by atoms with E-state index in [9.17, 15) is 0 Å². The normalized spacial score (nSPS) is 14.8. The Hall–Kier alpha value is -2.02. The maximum atomic E-state index is 2.49. The summed E-state index contributed by atoms with van der Waals surface area (Å²) in [5.41, 5.74) is 5.46. The van der Waals surface area contributed by atoms with Crippen LogP contribution in [0, 0.1) is 0 Å². The fourth-order valence-electron chi connectivity index (χ4n) is 2.75. The van der Waals surface area contributed by atoms with Gasteiger partial charge in [0.2, 0.25) is 0 Å². The van der Waals surface area contributed by atoms with Crippen molar-refractivity contribution >= 4 is 11.8 Å². The first kappa shape index (κ1) is 13.0. The summed E-state index contributed by atoms with van der Waals surface area (Å²) in [6.45, 7) is 7.80. The first-order chi connectivity index (χ1) is 9.55. The average Bonchev–Trinajstić information content (AvgIpc) is 2.46. The molecule has 0 atom stereocenters. The van der Waals surface area contributed by atoms with Gasteiger partial charge in [-0.15, -0.1) is 0 Å². The number of rotatable bonds is 1. The zero-order valence-electron chi connectivity index (χ0n) is 12.4. The van der Waals surface area contributed by atoms with Crippen LogP contribution in [0.1, 0.15) is 37.5 Å². The standard InChI is InChI=1S/C19H21N/c1-19(2,3)20-14-17-12-8-7-11-16(17)13-18(20)15-9-5-4-6-10-15/h4-13H,14H2,1-3H3. The number of benzene rings is 2. The molecule has 0 fully saturated rings. The van der Waals surface area contributed by atoms with Crippen molar-refractivity contribution in [1.29, 1.82) is 0 Å². The average molecular weight is 263 g/mol. The van der Waals surface area contributed by atoms with Crippen LogP contribution in [0.3, 0.4) is 0 Å². The third-order valence-electron chi connectivity index (χ3n) is 3.85. The van der Waals surface area contributed by atoms with Crippen molar-refractivity contribution in [3.8, 4) is 0 Å². The van der Waals surface area contributed by atoms with Gasteiger partial charge in [0.25, 0.3) is 0 Å². The van der Waals surface area contributed by atoms with Gasteiger partial charge in [0, 0.05) is 17.8 Å². The first-order valence-electron chi connectivity index (χ1n) is 7.18. The molecule has 2 aromatic rings. The Labute approximate surface area is 121 Å². The molecule has 0 N–H and O–H groups in total. The summed E-state index contributed by atoms with van der Waals surface area (Å²) < 4.78 is 0. The van der Waals surface area contributed by atoms with Crippen molar-refractivity contribution in [1.82, 2.24) is 4.90 Å². The van der Waals surface area contributed by atoms with Gasteiger partial charge in [0.15, 0.2) is 0 Å². The van der Waals surface area contributed by atoms with Crippen molar-refractivity contribution in [3.63, 3.8) is 0 Å². The number of hydrogen-bond acceptors (Lipinski definition) is 1. The Morgan fingerprint density at radius 2 is 1.50 bits per heavy atom. The molecular formula is C19H21N. The van der Waals surface area contributed by atoms with Crippen molar-refractivity contribution in [2.75, 3.05) is 0 Å². The first-order valence-corrected chi connectivity index (χ1v) is 7.18. The Morgan fingerprint density at radius 3 is 2.20 bits per heavy atom. The molecule has 0 radical (unpaired) electrons. The molecular weight excluding hydrogens is 242 g/mol. The van der Waals surface area contributed by atoms with Gasteiger partial charge in [0.1, 0.15) is 0 Å². The molecule has 20 heavy (non-hydrogen) atoms. The molecule has 102 valence electrons. The zero-order valence-corrected chi connectivity index (χ0v) is 12.4. The van der Waals surface area contributed by atoms with Crippen LogP contribution in [0.5, 0.6) is 0 Å². The summed E-state index contributed by atoms with van der Waals surface area (Å²) in [4.78, 5) is 2.49. The molecule has 0 saturated carbocycles. The monoisotopic (exact) mass is 263 g/mol. The molecule has 0 aromatic heterocycles. The number of nitrogens with zero attached hydrogens (tertiary/aromatic N) is 1. The number of fused-ring (bicyclic) bond motifs is 1. The molecule has 3 rings (SSSR count). The molecule has 0 saturated heterocycles. The second kappa shape index (κ2) is 4.82. The molecule has 0 spiro atoms. The Bertz CT molecular complexity index is 632. The summed E-state index contributed by atoms with van der Waals surface area (Å²) in [5, 5.41) is 0. The molecule has 0 amide bonds. The third-order valence-corrected chi connectivity index (χ3v) is 3.85. The van der Waals surface area contributed by atoms with Gasteiger partial charge >= 0.3 is 0 Å². The lowest BCUT2D eigenvalue weighted by Gasteiger charge is -2.42. The minimum atomic E-state index is 0.106. The fourth-order valence-corrected chi connectivity index (χ4v) is 2.75. The summed E-state index contributed by atoms with van der Waals surface area (Å²) in [7, 11) is 0. The summed E-state index contributed by atoms with van der Waals surface area (Å²) in [5.74, 6) is 0. The van der Waals surface area contributed by atoms with Crippen LogP contribution in [0.15, 0.2) is 54.6 Å². The Morgan fingerprint density at radius 1 is 0.850 bits per heavy atom. The van der Waals surface area contributed by atoms with Gasteiger partial charge in [-0.25, -0.2) is 0 Å². The lowest BCUT2D eigenvalue weighted by molar-refractivity contribution is 0.212. The molecule has 1 heterocycles. The maximum absolute atomic E-state index is 2.49. The smallest absolute Gasteiger partial charge is 0.0453 e. The van der Waals surface area contributed by atoms with Gasteiger partial charge < -0.3 is 4.90 Å². The van der Waals surface area contributed by atoms with Gasteiger partial charge in [0.05, 0.1) is 0 Å². The second-order valence-corrected chi connectivity index (χ2v) is 6.35. The van der Waals surface area contributed by atoms with Gasteiger partial charge in [-0.1, -0.05) is 54.6 Å². The van der Waals surface area contributed by atoms with E-state index in [-0.39, 0.29) is 5.54 Å². The molecule has 0 aliphatic carbocycles. The lowest BCUT2D eigenvalue weighted by Crippen LogP contribution is -2.40. The lowest BCUT2D eigenvalue weighted by atomic mass is 9.93. The second-order valence-electron chi connectivity index (χ2n) is 6.35. The molecule has 0 bridgehead atoms. The van der Waals surface area contributed by atoms with E-state index in [0.29, 0.717) is 0 Å². The largest absolute Gasteiger partial charge is 0.362 e. The van der Waals surface area contributed by atoms with E-state index in [1.165, 1.54) is 22.4 Å². The van der Waals surface area contributed by atoms with E-state index >= 15 is 0 Å². The molecule has 0 unspecified atom stereocenters. The fraction of sp³-hybridized carbons (Fsp3) is 0.263. The van der Waals surface area contributed by atoms with E-state index in [0.717, 1.165) is 6.54 Å².